The van der Waals surface area contributed by atoms with Gasteiger partial charge in [0.25, 0.3) is 5.91 Å². The average Bonchev–Trinajstić information content (AvgIpc) is 3.16. The highest BCUT2D eigenvalue weighted by Crippen LogP contribution is 2.48. The number of aliphatic hydroxyl groups is 1. The molecule has 1 N–H and O–H groups in total. The monoisotopic (exact) mass is 360 g/mol. The van der Waals surface area contributed by atoms with Crippen LogP contribution in [0.1, 0.15) is 46.6 Å². The van der Waals surface area contributed by atoms with Crippen LogP contribution in [0.15, 0.2) is 18.3 Å². The zero-order chi connectivity index (χ0) is 17.6. The van der Waals surface area contributed by atoms with E-state index in [-0.39, 0.29) is 18.0 Å². The van der Waals surface area contributed by atoms with Crippen LogP contribution in [0.2, 0.25) is 0 Å². The smallest absolute Gasteiger partial charge is 0.268 e. The third kappa shape index (κ3) is 2.60. The van der Waals surface area contributed by atoms with Crippen LogP contribution in [0.3, 0.4) is 0 Å². The predicted molar refractivity (Wildman–Crippen MR) is 91.5 cm³/mol. The quantitative estimate of drug-likeness (QED) is 0.899. The van der Waals surface area contributed by atoms with E-state index in [4.69, 9.17) is 4.74 Å². The van der Waals surface area contributed by atoms with Crippen molar-refractivity contribution in [3.05, 3.63) is 34.5 Å². The molecule has 2 aromatic rings. The summed E-state index contributed by atoms with van der Waals surface area (Å²) in [5.41, 5.74) is 0.352. The number of hydrogen-bond acceptors (Lipinski definition) is 7. The van der Waals surface area contributed by atoms with Crippen molar-refractivity contribution in [1.82, 2.24) is 19.5 Å². The summed E-state index contributed by atoms with van der Waals surface area (Å²) in [4.78, 5) is 19.7. The summed E-state index contributed by atoms with van der Waals surface area (Å²) >= 11 is 1.14. The first-order valence-corrected chi connectivity index (χ1v) is 9.14. The number of carbonyl (C=O) groups excluding carboxylic acids is 1. The van der Waals surface area contributed by atoms with E-state index in [2.05, 4.69) is 14.6 Å². The first-order chi connectivity index (χ1) is 12.0. The lowest BCUT2D eigenvalue weighted by Crippen LogP contribution is -2.52. The number of piperidine rings is 1. The minimum Gasteiger partial charge on any atom is -0.481 e. The Morgan fingerprint density at radius 3 is 2.72 bits per heavy atom. The van der Waals surface area contributed by atoms with Crippen molar-refractivity contribution < 1.29 is 14.6 Å². The number of nitrogens with zero attached hydrogens (tertiary/aromatic N) is 4. The van der Waals surface area contributed by atoms with Crippen LogP contribution < -0.4 is 4.74 Å². The molecule has 2 atom stereocenters. The Bertz CT molecular complexity index is 795. The molecule has 2 bridgehead atoms. The number of hydrogen-bond donors (Lipinski definition) is 1. The van der Waals surface area contributed by atoms with Crippen molar-refractivity contribution in [3.8, 4) is 5.88 Å². The summed E-state index contributed by atoms with van der Waals surface area (Å²) in [5.74, 6) is 0.437. The zero-order valence-corrected chi connectivity index (χ0v) is 15.0. The second kappa shape index (κ2) is 6.03. The van der Waals surface area contributed by atoms with Gasteiger partial charge in [0.15, 0.2) is 0 Å². The van der Waals surface area contributed by atoms with E-state index in [1.165, 1.54) is 0 Å². The van der Waals surface area contributed by atoms with E-state index in [0.717, 1.165) is 24.4 Å². The van der Waals surface area contributed by atoms with Crippen LogP contribution in [0.25, 0.3) is 0 Å². The third-order valence-electron chi connectivity index (χ3n) is 5.31. The lowest BCUT2D eigenvalue weighted by atomic mass is 9.80. The van der Waals surface area contributed by atoms with Crippen LogP contribution in [0.4, 0.5) is 0 Å². The lowest BCUT2D eigenvalue weighted by Gasteiger charge is -2.44. The summed E-state index contributed by atoms with van der Waals surface area (Å²) in [6, 6.07) is 3.67. The third-order valence-corrected chi connectivity index (χ3v) is 6.13. The molecule has 1 amide bonds. The van der Waals surface area contributed by atoms with Gasteiger partial charge in [0.05, 0.1) is 18.4 Å². The number of pyridine rings is 1. The van der Waals surface area contributed by atoms with Crippen LogP contribution in [0.5, 0.6) is 5.88 Å². The van der Waals surface area contributed by atoms with Crippen LogP contribution in [-0.4, -0.2) is 49.7 Å². The zero-order valence-electron chi connectivity index (χ0n) is 14.2. The summed E-state index contributed by atoms with van der Waals surface area (Å²) in [5, 5.41) is 15.3. The van der Waals surface area contributed by atoms with Gasteiger partial charge in [-0.05, 0) is 43.4 Å². The number of amides is 1. The predicted octanol–water partition coefficient (Wildman–Crippen LogP) is 1.90. The highest BCUT2D eigenvalue weighted by atomic mass is 32.1. The number of methoxy groups -OCH3 is 1. The van der Waals surface area contributed by atoms with Gasteiger partial charge in [-0.15, -0.1) is 5.10 Å². The van der Waals surface area contributed by atoms with Crippen LogP contribution >= 0.6 is 11.5 Å². The van der Waals surface area contributed by atoms with E-state index >= 15 is 0 Å². The van der Waals surface area contributed by atoms with Crippen molar-refractivity contribution in [2.45, 2.75) is 50.3 Å². The van der Waals surface area contributed by atoms with Gasteiger partial charge in [0, 0.05) is 36.7 Å². The second-order valence-corrected chi connectivity index (χ2v) is 7.54. The molecule has 0 saturated carbocycles. The number of ether oxygens (including phenoxy) is 1. The van der Waals surface area contributed by atoms with Crippen molar-refractivity contribution in [2.24, 2.45) is 0 Å². The van der Waals surface area contributed by atoms with Gasteiger partial charge in [-0.25, -0.2) is 4.98 Å². The van der Waals surface area contributed by atoms with E-state index in [0.29, 0.717) is 34.9 Å². The summed E-state index contributed by atoms with van der Waals surface area (Å²) < 4.78 is 9.21. The molecule has 0 aliphatic carbocycles. The average molecular weight is 360 g/mol. The van der Waals surface area contributed by atoms with E-state index in [9.17, 15) is 9.90 Å². The fraction of sp³-hybridized carbons (Fsp3) is 0.529. The van der Waals surface area contributed by atoms with Gasteiger partial charge in [-0.3, -0.25) is 4.79 Å². The molecule has 132 valence electrons. The first kappa shape index (κ1) is 16.4. The number of fused-ring (bicyclic) bond motifs is 2. The number of rotatable bonds is 3. The molecule has 2 aliphatic rings. The van der Waals surface area contributed by atoms with Gasteiger partial charge in [0.2, 0.25) is 5.88 Å². The number of aryl methyl sites for hydroxylation is 1. The van der Waals surface area contributed by atoms with Gasteiger partial charge >= 0.3 is 0 Å². The van der Waals surface area contributed by atoms with E-state index in [1.807, 2.05) is 17.0 Å². The van der Waals surface area contributed by atoms with Crippen molar-refractivity contribution in [2.75, 3.05) is 7.11 Å². The van der Waals surface area contributed by atoms with Gasteiger partial charge in [0.1, 0.15) is 4.88 Å². The Morgan fingerprint density at radius 2 is 2.12 bits per heavy atom. The molecule has 2 fully saturated rings. The second-order valence-electron chi connectivity index (χ2n) is 6.78. The van der Waals surface area contributed by atoms with E-state index in [1.54, 1.807) is 20.2 Å². The summed E-state index contributed by atoms with van der Waals surface area (Å²) in [6.07, 6.45) is 4.42. The molecule has 2 aliphatic heterocycles. The van der Waals surface area contributed by atoms with Gasteiger partial charge in [-0.1, -0.05) is 4.49 Å². The van der Waals surface area contributed by atoms with Gasteiger partial charge in [-0.2, -0.15) is 0 Å². The van der Waals surface area contributed by atoms with Gasteiger partial charge < -0.3 is 14.7 Å². The van der Waals surface area contributed by atoms with Crippen molar-refractivity contribution in [3.63, 3.8) is 0 Å². The Balaban J connectivity index is 1.64. The molecule has 7 nitrogen and oxygen atoms in total. The molecule has 0 aromatic carbocycles. The number of aromatic nitrogens is 3. The molecule has 4 rings (SSSR count). The molecule has 0 unspecified atom stereocenters. The molecule has 25 heavy (non-hydrogen) atoms. The maximum Gasteiger partial charge on any atom is 0.268 e. The van der Waals surface area contributed by atoms with Crippen molar-refractivity contribution >= 4 is 17.4 Å². The van der Waals surface area contributed by atoms with E-state index < -0.39 is 5.60 Å². The molecule has 8 heteroatoms. The topological polar surface area (TPSA) is 88.4 Å². The Hall–Kier alpha value is -2.06. The fourth-order valence-corrected chi connectivity index (χ4v) is 4.83. The maximum absolute atomic E-state index is 13.0. The molecule has 0 spiro atoms. The normalized spacial score (nSPS) is 28.2. The Labute approximate surface area is 149 Å². The summed E-state index contributed by atoms with van der Waals surface area (Å²) in [7, 11) is 1.56. The molecule has 2 saturated heterocycles. The molecule has 2 aromatic heterocycles. The van der Waals surface area contributed by atoms with Crippen molar-refractivity contribution in [1.29, 1.82) is 0 Å². The lowest BCUT2D eigenvalue weighted by molar-refractivity contribution is -0.0493. The Kier molecular flexibility index (Phi) is 3.96. The van der Waals surface area contributed by atoms with Crippen LogP contribution in [-0.2, 0) is 5.60 Å². The highest BCUT2D eigenvalue weighted by Gasteiger charge is 2.51. The SMILES string of the molecule is COc1ncccc1C1(O)C[C@@H]2CC[C@@H](C1)N2C(=O)c1snnc1C. The molecule has 0 radical (unpaired) electrons. The standard InChI is InChI=1S/C17H20N4O3S/c1-10-14(25-20-19-10)16(22)21-11-5-6-12(21)9-17(23,8-11)13-4-3-7-18-15(13)24-2/h3-4,7,11-12,23H,5-6,8-9H2,1-2H3/t11-,12-/m0/s1. The molecular weight excluding hydrogens is 340 g/mol. The number of carbonyl (C=O) groups is 1. The Morgan fingerprint density at radius 1 is 1.40 bits per heavy atom. The fourth-order valence-electron chi connectivity index (χ4n) is 4.23. The van der Waals surface area contributed by atoms with Crippen LogP contribution in [0, 0.1) is 6.92 Å². The maximum atomic E-state index is 13.0. The summed E-state index contributed by atoms with van der Waals surface area (Å²) in [6.45, 7) is 1.80. The minimum absolute atomic E-state index is 0.00247. The highest BCUT2D eigenvalue weighted by molar-refractivity contribution is 7.07. The largest absolute Gasteiger partial charge is 0.481 e. The molecular formula is C17H20N4O3S. The first-order valence-electron chi connectivity index (χ1n) is 8.37. The minimum atomic E-state index is -1.02. The molecule has 4 heterocycles.